The van der Waals surface area contributed by atoms with Gasteiger partial charge in [0, 0.05) is 18.1 Å². The first-order valence-corrected chi connectivity index (χ1v) is 6.42. The predicted molar refractivity (Wildman–Crippen MR) is 69.2 cm³/mol. The molecule has 18 heavy (non-hydrogen) atoms. The number of nitrogens with two attached hydrogens (primary N) is 1. The van der Waals surface area contributed by atoms with Crippen molar-refractivity contribution in [2.45, 2.75) is 12.8 Å². The Kier molecular flexibility index (Phi) is 4.22. The number of nitrogens with zero attached hydrogens (tertiary/aromatic N) is 2. The van der Waals surface area contributed by atoms with E-state index in [9.17, 15) is 4.39 Å². The molecule has 0 amide bonds. The molecule has 4 nitrogen and oxygen atoms in total. The van der Waals surface area contributed by atoms with Crippen molar-refractivity contribution in [3.05, 3.63) is 29.0 Å². The molecule has 0 radical (unpaired) electrons. The third kappa shape index (κ3) is 2.83. The van der Waals surface area contributed by atoms with Crippen LogP contribution in [-0.2, 0) is 6.42 Å². The number of aromatic nitrogens is 2. The monoisotopic (exact) mass is 267 g/mol. The summed E-state index contributed by atoms with van der Waals surface area (Å²) in [5.74, 6) is 0.139. The lowest BCUT2D eigenvalue weighted by atomic mass is 10.2. The highest BCUT2D eigenvalue weighted by molar-refractivity contribution is 7.14. The van der Waals surface area contributed by atoms with Crippen LogP contribution in [0.25, 0.3) is 10.6 Å². The molecule has 0 unspecified atom stereocenters. The molecule has 2 N–H and O–H groups in total. The fraction of sp³-hybridized carbons (Fsp3) is 0.333. The van der Waals surface area contributed by atoms with Gasteiger partial charge in [0.25, 0.3) is 0 Å². The summed E-state index contributed by atoms with van der Waals surface area (Å²) in [5, 5.41) is 9.50. The smallest absolute Gasteiger partial charge is 0.150 e. The van der Waals surface area contributed by atoms with E-state index < -0.39 is 0 Å². The number of methoxy groups -OCH3 is 1. The third-order valence-electron chi connectivity index (χ3n) is 2.47. The van der Waals surface area contributed by atoms with E-state index in [1.54, 1.807) is 12.1 Å². The first-order valence-electron chi connectivity index (χ1n) is 5.61. The molecule has 2 aromatic rings. The molecule has 0 aliphatic rings. The van der Waals surface area contributed by atoms with Crippen LogP contribution in [0.1, 0.15) is 11.4 Å². The molecule has 0 saturated heterocycles. The van der Waals surface area contributed by atoms with E-state index in [0.29, 0.717) is 22.9 Å². The molecule has 0 aliphatic heterocycles. The first-order chi connectivity index (χ1) is 8.74. The normalized spacial score (nSPS) is 10.6. The Hall–Kier alpha value is -1.53. The van der Waals surface area contributed by atoms with Crippen LogP contribution < -0.4 is 10.5 Å². The van der Waals surface area contributed by atoms with Gasteiger partial charge in [-0.1, -0.05) is 11.3 Å². The molecule has 1 heterocycles. The lowest BCUT2D eigenvalue weighted by Crippen LogP contribution is -1.99. The van der Waals surface area contributed by atoms with Gasteiger partial charge >= 0.3 is 0 Å². The lowest BCUT2D eigenvalue weighted by molar-refractivity contribution is 0.411. The second-order valence-corrected chi connectivity index (χ2v) is 4.80. The van der Waals surface area contributed by atoms with Crippen LogP contribution in [0.5, 0.6) is 5.75 Å². The quantitative estimate of drug-likeness (QED) is 0.902. The topological polar surface area (TPSA) is 61.0 Å². The van der Waals surface area contributed by atoms with E-state index in [1.807, 2.05) is 0 Å². The minimum absolute atomic E-state index is 0.351. The molecule has 1 aromatic carbocycles. The van der Waals surface area contributed by atoms with Gasteiger partial charge in [0.1, 0.15) is 16.6 Å². The molecule has 0 atom stereocenters. The van der Waals surface area contributed by atoms with Crippen molar-refractivity contribution in [3.63, 3.8) is 0 Å². The highest BCUT2D eigenvalue weighted by Crippen LogP contribution is 2.28. The Balaban J connectivity index is 2.23. The minimum Gasteiger partial charge on any atom is -0.497 e. The van der Waals surface area contributed by atoms with Crippen LogP contribution in [-0.4, -0.2) is 23.9 Å². The van der Waals surface area contributed by atoms with E-state index in [-0.39, 0.29) is 5.82 Å². The molecular weight excluding hydrogens is 253 g/mol. The van der Waals surface area contributed by atoms with Crippen LogP contribution >= 0.6 is 11.3 Å². The standard InChI is InChI=1S/C12H14FN3OS/c1-17-8-4-5-9(10(13)7-8)12-16-15-11(18-12)3-2-6-14/h4-5,7H,2-3,6,14H2,1H3. The van der Waals surface area contributed by atoms with Gasteiger partial charge in [0.05, 0.1) is 7.11 Å². The summed E-state index contributed by atoms with van der Waals surface area (Å²) in [6.45, 7) is 0.617. The summed E-state index contributed by atoms with van der Waals surface area (Å²) >= 11 is 1.39. The first kappa shape index (κ1) is 12.9. The van der Waals surface area contributed by atoms with Crippen LogP contribution in [0.3, 0.4) is 0 Å². The van der Waals surface area contributed by atoms with E-state index in [4.69, 9.17) is 10.5 Å². The molecule has 6 heteroatoms. The minimum atomic E-state index is -0.351. The van der Waals surface area contributed by atoms with Crippen molar-refractivity contribution in [3.8, 4) is 16.3 Å². The van der Waals surface area contributed by atoms with Crippen molar-refractivity contribution < 1.29 is 9.13 Å². The zero-order valence-corrected chi connectivity index (χ0v) is 10.8. The van der Waals surface area contributed by atoms with Gasteiger partial charge in [-0.3, -0.25) is 0 Å². The fourth-order valence-electron chi connectivity index (χ4n) is 1.51. The maximum atomic E-state index is 13.8. The highest BCUT2D eigenvalue weighted by atomic mass is 32.1. The van der Waals surface area contributed by atoms with E-state index in [0.717, 1.165) is 17.8 Å². The molecule has 96 valence electrons. The van der Waals surface area contributed by atoms with E-state index >= 15 is 0 Å². The van der Waals surface area contributed by atoms with E-state index in [2.05, 4.69) is 10.2 Å². The number of halogens is 1. The summed E-state index contributed by atoms with van der Waals surface area (Å²) in [4.78, 5) is 0. The summed E-state index contributed by atoms with van der Waals surface area (Å²) in [5.41, 5.74) is 5.88. The van der Waals surface area contributed by atoms with Crippen molar-refractivity contribution in [1.82, 2.24) is 10.2 Å². The van der Waals surface area contributed by atoms with Gasteiger partial charge in [-0.25, -0.2) is 4.39 Å². The molecule has 0 spiro atoms. The van der Waals surface area contributed by atoms with Gasteiger partial charge in [-0.2, -0.15) is 0 Å². The van der Waals surface area contributed by atoms with E-state index in [1.165, 1.54) is 24.5 Å². The van der Waals surface area contributed by atoms with Gasteiger partial charge < -0.3 is 10.5 Å². The second-order valence-electron chi connectivity index (χ2n) is 3.74. The predicted octanol–water partition coefficient (Wildman–Crippen LogP) is 2.24. The van der Waals surface area contributed by atoms with Crippen molar-refractivity contribution in [2.75, 3.05) is 13.7 Å². The molecule has 0 aliphatic carbocycles. The largest absolute Gasteiger partial charge is 0.497 e. The van der Waals surface area contributed by atoms with Crippen LogP contribution in [0.2, 0.25) is 0 Å². The summed E-state index contributed by atoms with van der Waals surface area (Å²) < 4.78 is 18.8. The van der Waals surface area contributed by atoms with Crippen molar-refractivity contribution >= 4 is 11.3 Å². The molecule has 1 aromatic heterocycles. The summed E-state index contributed by atoms with van der Waals surface area (Å²) in [6.07, 6.45) is 1.64. The molecule has 0 saturated carbocycles. The fourth-order valence-corrected chi connectivity index (χ4v) is 2.42. The van der Waals surface area contributed by atoms with Gasteiger partial charge in [-0.05, 0) is 25.1 Å². The SMILES string of the molecule is COc1ccc(-c2nnc(CCCN)s2)c(F)c1. The Morgan fingerprint density at radius 2 is 2.22 bits per heavy atom. The Bertz CT molecular complexity index is 530. The summed E-state index contributed by atoms with van der Waals surface area (Å²) in [7, 11) is 1.50. The summed E-state index contributed by atoms with van der Waals surface area (Å²) in [6, 6.07) is 4.71. The van der Waals surface area contributed by atoms with Gasteiger partial charge in [-0.15, -0.1) is 10.2 Å². The average molecular weight is 267 g/mol. The van der Waals surface area contributed by atoms with Crippen LogP contribution in [0, 0.1) is 5.82 Å². The number of benzene rings is 1. The number of ether oxygens (including phenoxy) is 1. The average Bonchev–Trinajstić information content (AvgIpc) is 2.84. The second kappa shape index (κ2) is 5.88. The number of rotatable bonds is 5. The number of hydrogen-bond acceptors (Lipinski definition) is 5. The Labute approximate surface area is 109 Å². The molecular formula is C12H14FN3OS. The van der Waals surface area contributed by atoms with Crippen LogP contribution in [0.15, 0.2) is 18.2 Å². The highest BCUT2D eigenvalue weighted by Gasteiger charge is 2.11. The van der Waals surface area contributed by atoms with Crippen molar-refractivity contribution in [1.29, 1.82) is 0 Å². The number of hydrogen-bond donors (Lipinski definition) is 1. The molecule has 0 fully saturated rings. The maximum Gasteiger partial charge on any atom is 0.150 e. The van der Waals surface area contributed by atoms with Gasteiger partial charge in [0.2, 0.25) is 0 Å². The lowest BCUT2D eigenvalue weighted by Gasteiger charge is -2.02. The van der Waals surface area contributed by atoms with Crippen LogP contribution in [0.4, 0.5) is 4.39 Å². The molecule has 0 bridgehead atoms. The maximum absolute atomic E-state index is 13.8. The Morgan fingerprint density at radius 3 is 2.89 bits per heavy atom. The number of aryl methyl sites for hydroxylation is 1. The zero-order chi connectivity index (χ0) is 13.0. The van der Waals surface area contributed by atoms with Gasteiger partial charge in [0.15, 0.2) is 5.01 Å². The van der Waals surface area contributed by atoms with Crippen molar-refractivity contribution in [2.24, 2.45) is 5.73 Å². The Morgan fingerprint density at radius 1 is 1.39 bits per heavy atom. The molecule has 2 rings (SSSR count). The zero-order valence-electron chi connectivity index (χ0n) is 10.0. The third-order valence-corrected chi connectivity index (χ3v) is 3.48.